The summed E-state index contributed by atoms with van der Waals surface area (Å²) in [7, 11) is -1.97. The highest BCUT2D eigenvalue weighted by atomic mass is 32.2. The first kappa shape index (κ1) is 19.3. The normalized spacial score (nSPS) is 18.9. The highest BCUT2D eigenvalue weighted by Gasteiger charge is 2.35. The molecule has 0 atom stereocenters. The molecule has 3 amide bonds. The van der Waals surface area contributed by atoms with E-state index in [1.165, 1.54) is 24.1 Å². The standard InChI is InChI=1S/C18H22N2O6S/c1-26-13-2-4-14(5-3-13)27(24,25)15-8-10-19(11-9-15)18(23)12-20-16(21)6-7-17(20)22/h2-5,15H,6-12H2,1H3. The van der Waals surface area contributed by atoms with Gasteiger partial charge in [-0.2, -0.15) is 0 Å². The second kappa shape index (κ2) is 7.67. The van der Waals surface area contributed by atoms with Gasteiger partial charge < -0.3 is 9.64 Å². The molecule has 27 heavy (non-hydrogen) atoms. The molecule has 8 nitrogen and oxygen atoms in total. The Bertz CT molecular complexity index is 825. The molecule has 2 fully saturated rings. The lowest BCUT2D eigenvalue weighted by molar-refractivity contribution is -0.145. The molecule has 3 rings (SSSR count). The topological polar surface area (TPSA) is 101 Å². The number of hydrogen-bond donors (Lipinski definition) is 0. The Hall–Kier alpha value is -2.42. The van der Waals surface area contributed by atoms with Crippen molar-refractivity contribution in [1.82, 2.24) is 9.80 Å². The molecule has 0 saturated carbocycles. The molecule has 0 N–H and O–H groups in total. The maximum atomic E-state index is 12.8. The molecule has 0 bridgehead atoms. The zero-order chi connectivity index (χ0) is 19.6. The number of piperidine rings is 1. The number of likely N-dealkylation sites (tertiary alicyclic amines) is 2. The summed E-state index contributed by atoms with van der Waals surface area (Å²) in [6, 6.07) is 6.26. The van der Waals surface area contributed by atoms with Gasteiger partial charge in [0.05, 0.1) is 17.3 Å². The van der Waals surface area contributed by atoms with Gasteiger partial charge in [-0.15, -0.1) is 0 Å². The molecule has 0 spiro atoms. The highest BCUT2D eigenvalue weighted by Crippen LogP contribution is 2.26. The Balaban J connectivity index is 1.59. The van der Waals surface area contributed by atoms with Crippen molar-refractivity contribution in [3.8, 4) is 5.75 Å². The largest absolute Gasteiger partial charge is 0.497 e. The van der Waals surface area contributed by atoms with Crippen molar-refractivity contribution in [1.29, 1.82) is 0 Å². The molecule has 0 unspecified atom stereocenters. The third-order valence-corrected chi connectivity index (χ3v) is 7.35. The molecule has 2 aliphatic rings. The second-order valence-electron chi connectivity index (χ2n) is 6.67. The van der Waals surface area contributed by atoms with Gasteiger partial charge in [-0.1, -0.05) is 0 Å². The van der Waals surface area contributed by atoms with E-state index >= 15 is 0 Å². The minimum absolute atomic E-state index is 0.147. The molecule has 1 aromatic carbocycles. The van der Waals surface area contributed by atoms with Crippen LogP contribution in [-0.4, -0.2) is 67.9 Å². The number of sulfone groups is 1. The van der Waals surface area contributed by atoms with Gasteiger partial charge in [-0.3, -0.25) is 19.3 Å². The summed E-state index contributed by atoms with van der Waals surface area (Å²) < 4.78 is 30.6. The van der Waals surface area contributed by atoms with Gasteiger partial charge in [0.15, 0.2) is 9.84 Å². The predicted molar refractivity (Wildman–Crippen MR) is 95.7 cm³/mol. The number of amides is 3. The SMILES string of the molecule is COc1ccc(S(=O)(=O)C2CCN(C(=O)CN3C(=O)CCC3=O)CC2)cc1. The molecular weight excluding hydrogens is 372 g/mol. The first-order chi connectivity index (χ1) is 12.8. The molecule has 0 aromatic heterocycles. The summed E-state index contributed by atoms with van der Waals surface area (Å²) in [6.07, 6.45) is 0.937. The summed E-state index contributed by atoms with van der Waals surface area (Å²) in [6.45, 7) is 0.317. The highest BCUT2D eigenvalue weighted by molar-refractivity contribution is 7.92. The Morgan fingerprint density at radius 1 is 1.07 bits per heavy atom. The van der Waals surface area contributed by atoms with E-state index in [1.807, 2.05) is 0 Å². The number of benzene rings is 1. The van der Waals surface area contributed by atoms with Crippen LogP contribution in [-0.2, 0) is 24.2 Å². The third kappa shape index (κ3) is 3.97. The van der Waals surface area contributed by atoms with E-state index in [2.05, 4.69) is 0 Å². The van der Waals surface area contributed by atoms with E-state index in [1.54, 1.807) is 12.1 Å². The van der Waals surface area contributed by atoms with Crippen molar-refractivity contribution in [3.05, 3.63) is 24.3 Å². The van der Waals surface area contributed by atoms with Crippen molar-refractivity contribution in [2.24, 2.45) is 0 Å². The van der Waals surface area contributed by atoms with Gasteiger partial charge in [0.2, 0.25) is 17.7 Å². The summed E-state index contributed by atoms with van der Waals surface area (Å²) in [5.74, 6) is -0.394. The summed E-state index contributed by atoms with van der Waals surface area (Å²) in [5, 5.41) is -0.565. The molecule has 2 heterocycles. The van der Waals surface area contributed by atoms with Gasteiger partial charge in [0, 0.05) is 25.9 Å². The lowest BCUT2D eigenvalue weighted by atomic mass is 10.1. The number of ether oxygens (including phenoxy) is 1. The number of methoxy groups -OCH3 is 1. The fraction of sp³-hybridized carbons (Fsp3) is 0.500. The van der Waals surface area contributed by atoms with Crippen LogP contribution in [0, 0.1) is 0 Å². The van der Waals surface area contributed by atoms with Crippen LogP contribution in [0.3, 0.4) is 0 Å². The quantitative estimate of drug-likeness (QED) is 0.678. The smallest absolute Gasteiger partial charge is 0.242 e. The van der Waals surface area contributed by atoms with E-state index < -0.39 is 15.1 Å². The first-order valence-electron chi connectivity index (χ1n) is 8.82. The number of nitrogens with zero attached hydrogens (tertiary/aromatic N) is 2. The van der Waals surface area contributed by atoms with Gasteiger partial charge in [0.1, 0.15) is 12.3 Å². The van der Waals surface area contributed by atoms with Crippen LogP contribution < -0.4 is 4.74 Å². The zero-order valence-electron chi connectivity index (χ0n) is 15.1. The van der Waals surface area contributed by atoms with E-state index in [9.17, 15) is 22.8 Å². The molecule has 0 aliphatic carbocycles. The fourth-order valence-corrected chi connectivity index (χ4v) is 5.14. The number of hydrogen-bond acceptors (Lipinski definition) is 6. The zero-order valence-corrected chi connectivity index (χ0v) is 15.9. The first-order valence-corrected chi connectivity index (χ1v) is 10.4. The Morgan fingerprint density at radius 3 is 2.15 bits per heavy atom. The number of carbonyl (C=O) groups is 3. The molecular formula is C18H22N2O6S. The molecule has 2 saturated heterocycles. The van der Waals surface area contributed by atoms with Gasteiger partial charge >= 0.3 is 0 Å². The monoisotopic (exact) mass is 394 g/mol. The lowest BCUT2D eigenvalue weighted by Crippen LogP contribution is -2.47. The van der Waals surface area contributed by atoms with Gasteiger partial charge in [-0.05, 0) is 37.1 Å². The summed E-state index contributed by atoms with van der Waals surface area (Å²) in [4.78, 5) is 38.4. The summed E-state index contributed by atoms with van der Waals surface area (Å²) >= 11 is 0. The number of rotatable bonds is 5. The van der Waals surface area contributed by atoms with Crippen LogP contribution in [0.1, 0.15) is 25.7 Å². The average Bonchev–Trinajstić information content (AvgIpc) is 3.00. The van der Waals surface area contributed by atoms with E-state index in [-0.39, 0.29) is 55.1 Å². The Labute approximate surface area is 158 Å². The number of carbonyl (C=O) groups excluding carboxylic acids is 3. The summed E-state index contributed by atoms with van der Waals surface area (Å²) in [5.41, 5.74) is 0. The fourth-order valence-electron chi connectivity index (χ4n) is 3.41. The van der Waals surface area contributed by atoms with Gasteiger partial charge in [0.25, 0.3) is 0 Å². The number of imide groups is 1. The van der Waals surface area contributed by atoms with Crippen molar-refractivity contribution in [2.45, 2.75) is 35.8 Å². The van der Waals surface area contributed by atoms with Crippen molar-refractivity contribution >= 4 is 27.6 Å². The molecule has 0 radical (unpaired) electrons. The Kier molecular flexibility index (Phi) is 5.50. The van der Waals surface area contributed by atoms with E-state index in [0.717, 1.165) is 4.90 Å². The minimum Gasteiger partial charge on any atom is -0.497 e. The van der Waals surface area contributed by atoms with Crippen LogP contribution in [0.4, 0.5) is 0 Å². The third-order valence-electron chi connectivity index (χ3n) is 5.07. The molecule has 9 heteroatoms. The van der Waals surface area contributed by atoms with Crippen LogP contribution in [0.5, 0.6) is 5.75 Å². The maximum absolute atomic E-state index is 12.8. The predicted octanol–water partition coefficient (Wildman–Crippen LogP) is 0.609. The van der Waals surface area contributed by atoms with Crippen LogP contribution in [0.15, 0.2) is 29.2 Å². The Morgan fingerprint density at radius 2 is 1.63 bits per heavy atom. The lowest BCUT2D eigenvalue weighted by Gasteiger charge is -2.32. The van der Waals surface area contributed by atoms with Crippen molar-refractivity contribution < 1.29 is 27.5 Å². The maximum Gasteiger partial charge on any atom is 0.242 e. The van der Waals surface area contributed by atoms with Crippen molar-refractivity contribution in [3.63, 3.8) is 0 Å². The van der Waals surface area contributed by atoms with Gasteiger partial charge in [-0.25, -0.2) is 8.42 Å². The van der Waals surface area contributed by atoms with Crippen LogP contribution >= 0.6 is 0 Å². The van der Waals surface area contributed by atoms with Crippen LogP contribution in [0.25, 0.3) is 0 Å². The minimum atomic E-state index is -3.49. The van der Waals surface area contributed by atoms with E-state index in [4.69, 9.17) is 4.74 Å². The molecule has 2 aliphatic heterocycles. The van der Waals surface area contributed by atoms with Crippen molar-refractivity contribution in [2.75, 3.05) is 26.7 Å². The van der Waals surface area contributed by atoms with E-state index in [0.29, 0.717) is 18.6 Å². The second-order valence-corrected chi connectivity index (χ2v) is 8.90. The molecule has 1 aromatic rings. The van der Waals surface area contributed by atoms with Crippen LogP contribution in [0.2, 0.25) is 0 Å². The molecule has 146 valence electrons. The average molecular weight is 394 g/mol.